The highest BCUT2D eigenvalue weighted by atomic mass is 16.6. The van der Waals surface area contributed by atoms with E-state index >= 15 is 0 Å². The van der Waals surface area contributed by atoms with Crippen LogP contribution in [0.1, 0.15) is 269 Å². The van der Waals surface area contributed by atoms with Gasteiger partial charge in [-0.15, -0.1) is 0 Å². The molecule has 2 unspecified atom stereocenters. The number of carbonyl (C=O) groups is 9. The van der Waals surface area contributed by atoms with Crippen LogP contribution in [0.25, 0.3) is 29.2 Å². The third-order valence-electron chi connectivity index (χ3n) is 23.2. The second-order valence-corrected chi connectivity index (χ2v) is 35.4. The van der Waals surface area contributed by atoms with Gasteiger partial charge in [0.25, 0.3) is 0 Å². The maximum Gasteiger partial charge on any atom is 0.343 e. The van der Waals surface area contributed by atoms with E-state index in [2.05, 4.69) is 18.6 Å². The summed E-state index contributed by atoms with van der Waals surface area (Å²) in [5, 5.41) is 0.833. The molecular weight excluding hydrogens is 1690 g/mol. The van der Waals surface area contributed by atoms with Crippen LogP contribution < -0.4 is 38.8 Å². The van der Waals surface area contributed by atoms with Gasteiger partial charge in [-0.3, -0.25) is 28.8 Å². The summed E-state index contributed by atoms with van der Waals surface area (Å²) in [5.41, 5.74) is 1.88. The Balaban J connectivity index is 0.000000333. The predicted octanol–water partition coefficient (Wildman–Crippen LogP) is 24.6. The monoisotopic (exact) mass is 1830 g/mol. The number of hydrogen-bond acceptors (Lipinski definition) is 23. The average molecular weight is 1830 g/mol. The van der Waals surface area contributed by atoms with Crippen molar-refractivity contribution in [3.05, 3.63) is 238 Å². The molecular formula is C110H142O23. The minimum absolute atomic E-state index is 0.0345. The number of benzene rings is 7. The molecule has 0 saturated heterocycles. The molecule has 720 valence electrons. The Morgan fingerprint density at radius 2 is 0.820 bits per heavy atom. The fourth-order valence-electron chi connectivity index (χ4n) is 12.4. The highest BCUT2D eigenvalue weighted by Crippen LogP contribution is 2.36. The maximum atomic E-state index is 13.0. The molecule has 0 fully saturated rings. The van der Waals surface area contributed by atoms with Gasteiger partial charge in [0, 0.05) is 35.2 Å². The molecule has 8 rings (SSSR count). The third kappa shape index (κ3) is 41.5. The topological polar surface area (TPSA) is 295 Å². The molecule has 0 amide bonds. The number of unbranched alkanes of at least 4 members (excludes halogenated alkanes) is 7. The molecule has 23 heteroatoms. The SMILES string of the molecule is CCC(C)(C)C(=O)OCCCCCCOc1ccc(/C=C/C(=O)Oc2ccc(OC)cc2)cc1.CCC(C)(C)C(=O)OCCOc1ccc(/C=C/C(=O)c2ccccc2)cc1.CCC(C)(C)C(=O)Oc1ccc2c(C)cc(=O)oc2c1.CCCCC(CC)COC(=O)C(C)(CC)CCCC(C)(C)C(=O)OCCCCCCOc1ccc(C(=O)Oc2ccc(/C=C/C(=O)OC)cc2)cc1. The zero-order valence-corrected chi connectivity index (χ0v) is 81.6. The van der Waals surface area contributed by atoms with Gasteiger partial charge >= 0.3 is 53.4 Å². The third-order valence-corrected chi connectivity index (χ3v) is 23.2. The number of aryl methyl sites for hydroxylation is 1. The quantitative estimate of drug-likeness (QED) is 0.00650. The van der Waals surface area contributed by atoms with Gasteiger partial charge in [-0.05, 0) is 309 Å². The van der Waals surface area contributed by atoms with Crippen LogP contribution in [0.2, 0.25) is 0 Å². The second kappa shape index (κ2) is 58.5. The number of allylic oxidation sites excluding steroid dienone is 1. The minimum atomic E-state index is -0.622. The van der Waals surface area contributed by atoms with Gasteiger partial charge in [-0.25, -0.2) is 19.2 Å². The van der Waals surface area contributed by atoms with E-state index in [1.807, 2.05) is 164 Å². The summed E-state index contributed by atoms with van der Waals surface area (Å²) in [6.07, 6.45) is 26.0. The minimum Gasteiger partial charge on any atom is -0.497 e. The van der Waals surface area contributed by atoms with Gasteiger partial charge in [0.1, 0.15) is 59.0 Å². The lowest BCUT2D eigenvalue weighted by Gasteiger charge is -2.29. The summed E-state index contributed by atoms with van der Waals surface area (Å²) in [6, 6.07) is 51.0. The second-order valence-electron chi connectivity index (χ2n) is 35.4. The van der Waals surface area contributed by atoms with Crippen molar-refractivity contribution in [1.29, 1.82) is 0 Å². The summed E-state index contributed by atoms with van der Waals surface area (Å²) in [5.74, 6) is 2.13. The van der Waals surface area contributed by atoms with Crippen LogP contribution in [-0.2, 0) is 57.2 Å². The maximum absolute atomic E-state index is 13.0. The summed E-state index contributed by atoms with van der Waals surface area (Å²) in [6.45, 7) is 34.1. The molecule has 0 radical (unpaired) electrons. The Kier molecular flexibility index (Phi) is 48.9. The fraction of sp³-hybridized carbons (Fsp3) is 0.455. The number of fused-ring (bicyclic) bond motifs is 1. The number of hydrogen-bond donors (Lipinski definition) is 0. The van der Waals surface area contributed by atoms with Gasteiger partial charge in [-0.1, -0.05) is 140 Å². The average Bonchev–Trinajstić information content (AvgIpc) is 0.803. The van der Waals surface area contributed by atoms with E-state index in [0.29, 0.717) is 122 Å². The van der Waals surface area contributed by atoms with Crippen molar-refractivity contribution < 1.29 is 104 Å². The molecule has 133 heavy (non-hydrogen) atoms. The van der Waals surface area contributed by atoms with Crippen molar-refractivity contribution in [3.8, 4) is 40.2 Å². The molecule has 0 aliphatic heterocycles. The summed E-state index contributed by atoms with van der Waals surface area (Å²) >= 11 is 0. The van der Waals surface area contributed by atoms with E-state index in [1.165, 1.54) is 25.3 Å². The highest BCUT2D eigenvalue weighted by molar-refractivity contribution is 6.06. The van der Waals surface area contributed by atoms with E-state index < -0.39 is 50.6 Å². The summed E-state index contributed by atoms with van der Waals surface area (Å²) in [7, 11) is 2.89. The van der Waals surface area contributed by atoms with Gasteiger partial charge in [0.2, 0.25) is 0 Å². The Hall–Kier alpha value is -12.4. The van der Waals surface area contributed by atoms with E-state index in [4.69, 9.17) is 56.5 Å². The molecule has 0 spiro atoms. The smallest absolute Gasteiger partial charge is 0.343 e. The summed E-state index contributed by atoms with van der Waals surface area (Å²) in [4.78, 5) is 121. The summed E-state index contributed by atoms with van der Waals surface area (Å²) < 4.78 is 70.0. The number of rotatable bonds is 51. The first kappa shape index (κ1) is 111. The molecule has 7 aromatic carbocycles. The lowest BCUT2D eigenvalue weighted by Crippen LogP contribution is -2.32. The van der Waals surface area contributed by atoms with Gasteiger partial charge in [0.05, 0.1) is 79.9 Å². The van der Waals surface area contributed by atoms with E-state index in [1.54, 1.807) is 135 Å². The van der Waals surface area contributed by atoms with Crippen LogP contribution >= 0.6 is 0 Å². The van der Waals surface area contributed by atoms with Gasteiger partial charge in [0.15, 0.2) is 5.78 Å². The Morgan fingerprint density at radius 3 is 1.32 bits per heavy atom. The lowest BCUT2D eigenvalue weighted by atomic mass is 9.79. The standard InChI is InChI=1S/C43H62O9.C28H36O6.C23H26O4.C16H18O4/c1-8-11-17-33(9-2)32-51-41(47)43(6,10-3)29-16-28-42(4,5)40(46)50-31-15-13-12-14-30-49-36-25-21-35(22-26-36)39(45)52-37-23-18-34(19-24-37)20-27-38(44)48-7;1-5-28(2,3)27(30)33-21-9-7-6-8-20-32-24-13-10-22(11-14-24)12-19-26(29)34-25-17-15-23(31-4)16-18-25;1-4-23(2,3)22(25)27-17-16-26-20-13-10-18(11-14-20)12-15-21(24)19-8-6-5-7-9-19;1-5-16(3,4)15(18)19-11-6-7-12-10(2)8-14(17)20-13(12)9-11/h18-27,33H,8-17,28-32H2,1-7H3;10-19H,5-9,20-21H2,1-4H3;5-15H,4,16-17H2,1-3H3;6-9H,5H2,1-4H3/b27-20+;19-12+;15-12+;. The van der Waals surface area contributed by atoms with Crippen LogP contribution in [0.4, 0.5) is 0 Å². The van der Waals surface area contributed by atoms with Gasteiger partial charge < -0.3 is 61.3 Å². The van der Waals surface area contributed by atoms with Crippen molar-refractivity contribution in [1.82, 2.24) is 0 Å². The first-order valence-corrected chi connectivity index (χ1v) is 46.5. The van der Waals surface area contributed by atoms with Crippen molar-refractivity contribution in [2.24, 2.45) is 33.0 Å². The Morgan fingerprint density at radius 1 is 0.376 bits per heavy atom. The molecule has 0 aliphatic rings. The van der Waals surface area contributed by atoms with E-state index in [-0.39, 0.29) is 42.2 Å². The van der Waals surface area contributed by atoms with Crippen molar-refractivity contribution in [2.45, 2.75) is 233 Å². The Bertz CT molecular complexity index is 5040. The van der Waals surface area contributed by atoms with E-state index in [0.717, 1.165) is 130 Å². The van der Waals surface area contributed by atoms with Crippen LogP contribution in [0.5, 0.6) is 40.2 Å². The molecule has 8 aromatic rings. The molecule has 1 aromatic heterocycles. The van der Waals surface area contributed by atoms with Crippen molar-refractivity contribution in [2.75, 3.05) is 60.5 Å². The zero-order valence-electron chi connectivity index (χ0n) is 81.6. The van der Waals surface area contributed by atoms with Crippen LogP contribution in [-0.4, -0.2) is 114 Å². The number of methoxy groups -OCH3 is 2. The number of esters is 8. The van der Waals surface area contributed by atoms with Crippen LogP contribution in [0.15, 0.2) is 203 Å². The highest BCUT2D eigenvalue weighted by Gasteiger charge is 2.36. The number of ether oxygens (including phenoxy) is 12. The van der Waals surface area contributed by atoms with Crippen LogP contribution in [0.3, 0.4) is 0 Å². The first-order valence-electron chi connectivity index (χ1n) is 46.5. The molecule has 2 atom stereocenters. The van der Waals surface area contributed by atoms with Crippen molar-refractivity contribution in [3.63, 3.8) is 0 Å². The molecule has 1 heterocycles. The number of carbonyl (C=O) groups excluding carboxylic acids is 9. The Labute approximate surface area is 787 Å². The zero-order chi connectivity index (χ0) is 97.8. The normalized spacial score (nSPS) is 12.1. The molecule has 0 aliphatic carbocycles. The van der Waals surface area contributed by atoms with E-state index in [9.17, 15) is 47.9 Å². The fourth-order valence-corrected chi connectivity index (χ4v) is 12.4. The van der Waals surface area contributed by atoms with Gasteiger partial charge in [-0.2, -0.15) is 0 Å². The van der Waals surface area contributed by atoms with Crippen LogP contribution in [0, 0.1) is 39.9 Å². The molecule has 0 saturated carbocycles. The lowest BCUT2D eigenvalue weighted by molar-refractivity contribution is -0.158. The largest absolute Gasteiger partial charge is 0.497 e. The molecule has 23 nitrogen and oxygen atoms in total. The number of ketones is 1. The molecule has 0 N–H and O–H groups in total. The van der Waals surface area contributed by atoms with Crippen molar-refractivity contribution >= 4 is 82.7 Å². The first-order chi connectivity index (χ1) is 63.5. The predicted molar refractivity (Wildman–Crippen MR) is 521 cm³/mol. The molecule has 0 bridgehead atoms.